The van der Waals surface area contributed by atoms with Crippen LogP contribution in [-0.4, -0.2) is 50.5 Å². The summed E-state index contributed by atoms with van der Waals surface area (Å²) < 4.78 is 17.9. The molecule has 2 N–H and O–H groups in total. The SMILES string of the molecule is CC(=O)NC1[C@@H](COCc2ccccc2)O[C@H](O)[C@H]1O[Si](C)(C)C(C)(C)C. The van der Waals surface area contributed by atoms with Crippen molar-refractivity contribution >= 4 is 14.2 Å². The van der Waals surface area contributed by atoms with Crippen molar-refractivity contribution < 1.29 is 23.8 Å². The van der Waals surface area contributed by atoms with Gasteiger partial charge in [-0.1, -0.05) is 51.1 Å². The lowest BCUT2D eigenvalue weighted by Gasteiger charge is -2.40. The number of carbonyl (C=O) groups is 1. The third kappa shape index (κ3) is 5.86. The molecule has 27 heavy (non-hydrogen) atoms. The van der Waals surface area contributed by atoms with Crippen LogP contribution >= 0.6 is 0 Å². The van der Waals surface area contributed by atoms with Crippen LogP contribution < -0.4 is 5.32 Å². The van der Waals surface area contributed by atoms with E-state index in [9.17, 15) is 9.90 Å². The average Bonchev–Trinajstić information content (AvgIpc) is 2.82. The van der Waals surface area contributed by atoms with Crippen LogP contribution in [0, 0.1) is 0 Å². The number of aliphatic hydroxyl groups excluding tert-OH is 1. The van der Waals surface area contributed by atoms with E-state index in [4.69, 9.17) is 13.9 Å². The molecule has 0 aliphatic carbocycles. The zero-order valence-corrected chi connectivity index (χ0v) is 18.2. The fourth-order valence-electron chi connectivity index (χ4n) is 2.80. The summed E-state index contributed by atoms with van der Waals surface area (Å²) in [4.78, 5) is 11.7. The molecule has 0 bridgehead atoms. The van der Waals surface area contributed by atoms with Gasteiger partial charge in [0.2, 0.25) is 5.91 Å². The van der Waals surface area contributed by atoms with E-state index in [-0.39, 0.29) is 17.6 Å². The van der Waals surface area contributed by atoms with E-state index in [1.54, 1.807) is 0 Å². The van der Waals surface area contributed by atoms with Gasteiger partial charge in [0.1, 0.15) is 12.2 Å². The maximum Gasteiger partial charge on any atom is 0.217 e. The average molecular weight is 396 g/mol. The fraction of sp³-hybridized carbons (Fsp3) is 0.650. The van der Waals surface area contributed by atoms with Crippen LogP contribution in [0.4, 0.5) is 0 Å². The van der Waals surface area contributed by atoms with Crippen LogP contribution in [0.15, 0.2) is 30.3 Å². The number of amides is 1. The predicted octanol–water partition coefficient (Wildman–Crippen LogP) is 2.82. The van der Waals surface area contributed by atoms with Gasteiger partial charge < -0.3 is 24.3 Å². The number of rotatable bonds is 7. The number of benzene rings is 1. The lowest BCUT2D eigenvalue weighted by molar-refractivity contribution is -0.135. The summed E-state index contributed by atoms with van der Waals surface area (Å²) in [5, 5.41) is 13.3. The maximum atomic E-state index is 11.7. The summed E-state index contributed by atoms with van der Waals surface area (Å²) in [6.45, 7) is 12.8. The molecule has 6 nitrogen and oxygen atoms in total. The van der Waals surface area contributed by atoms with Crippen molar-refractivity contribution in [2.45, 2.75) is 77.0 Å². The van der Waals surface area contributed by atoms with Crippen LogP contribution in [0.1, 0.15) is 33.3 Å². The van der Waals surface area contributed by atoms with Gasteiger partial charge in [-0.05, 0) is 23.7 Å². The third-order valence-corrected chi connectivity index (χ3v) is 9.82. The van der Waals surface area contributed by atoms with Crippen molar-refractivity contribution in [1.29, 1.82) is 0 Å². The summed E-state index contributed by atoms with van der Waals surface area (Å²) in [7, 11) is -2.15. The topological polar surface area (TPSA) is 77.0 Å². The Kier molecular flexibility index (Phi) is 7.21. The van der Waals surface area contributed by atoms with E-state index >= 15 is 0 Å². The van der Waals surface area contributed by atoms with Gasteiger partial charge in [-0.3, -0.25) is 4.79 Å². The lowest BCUT2D eigenvalue weighted by atomic mass is 10.1. The molecule has 152 valence electrons. The smallest absolute Gasteiger partial charge is 0.217 e. The summed E-state index contributed by atoms with van der Waals surface area (Å²) in [6.07, 6.45) is -2.18. The Bertz CT molecular complexity index is 617. The monoisotopic (exact) mass is 395 g/mol. The zero-order chi connectivity index (χ0) is 20.2. The highest BCUT2D eigenvalue weighted by Crippen LogP contribution is 2.39. The molecule has 2 rings (SSSR count). The van der Waals surface area contributed by atoms with Gasteiger partial charge in [0.05, 0.1) is 19.3 Å². The standard InChI is InChI=1S/C20H33NO5Si/c1-14(22)21-17-16(13-24-12-15-10-8-7-9-11-15)25-19(23)18(17)26-27(5,6)20(2,3)4/h7-11,16-19,23H,12-13H2,1-6H3,(H,21,22)/t16-,17?,18+,19+/m1/s1. The molecule has 4 atom stereocenters. The Morgan fingerprint density at radius 2 is 1.89 bits per heavy atom. The minimum Gasteiger partial charge on any atom is -0.407 e. The van der Waals surface area contributed by atoms with Crippen molar-refractivity contribution in [3.8, 4) is 0 Å². The van der Waals surface area contributed by atoms with Crippen LogP contribution in [-0.2, 0) is 25.3 Å². The van der Waals surface area contributed by atoms with Gasteiger partial charge in [-0.25, -0.2) is 0 Å². The zero-order valence-electron chi connectivity index (χ0n) is 17.2. The van der Waals surface area contributed by atoms with Crippen molar-refractivity contribution in [1.82, 2.24) is 5.32 Å². The number of nitrogens with one attached hydrogen (secondary N) is 1. The maximum absolute atomic E-state index is 11.7. The number of carbonyl (C=O) groups excluding carboxylic acids is 1. The fourth-order valence-corrected chi connectivity index (χ4v) is 4.10. The first-order chi connectivity index (χ1) is 12.5. The van der Waals surface area contributed by atoms with E-state index in [1.807, 2.05) is 30.3 Å². The van der Waals surface area contributed by atoms with Gasteiger partial charge >= 0.3 is 0 Å². The predicted molar refractivity (Wildman–Crippen MR) is 107 cm³/mol. The Balaban J connectivity index is 2.05. The number of aliphatic hydroxyl groups is 1. The second-order valence-electron chi connectivity index (χ2n) is 8.63. The molecule has 0 radical (unpaired) electrons. The summed E-state index contributed by atoms with van der Waals surface area (Å²) >= 11 is 0. The quantitative estimate of drug-likeness (QED) is 0.694. The van der Waals surface area contributed by atoms with Gasteiger partial charge in [0.25, 0.3) is 0 Å². The molecule has 7 heteroatoms. The normalized spacial score (nSPS) is 26.2. The molecule has 0 saturated carbocycles. The highest BCUT2D eigenvalue weighted by atomic mass is 28.4. The van der Waals surface area contributed by atoms with Crippen LogP contribution in [0.2, 0.25) is 18.1 Å². The van der Waals surface area contributed by atoms with E-state index in [0.29, 0.717) is 6.61 Å². The molecule has 1 amide bonds. The highest BCUT2D eigenvalue weighted by Gasteiger charge is 2.50. The Labute approximate surface area is 163 Å². The van der Waals surface area contributed by atoms with E-state index in [1.165, 1.54) is 6.92 Å². The molecule has 1 heterocycles. The van der Waals surface area contributed by atoms with E-state index < -0.39 is 32.9 Å². The van der Waals surface area contributed by atoms with Gasteiger partial charge in [-0.2, -0.15) is 0 Å². The first-order valence-corrected chi connectivity index (χ1v) is 12.3. The first-order valence-electron chi connectivity index (χ1n) is 9.41. The van der Waals surface area contributed by atoms with Crippen LogP contribution in [0.25, 0.3) is 0 Å². The van der Waals surface area contributed by atoms with Gasteiger partial charge in [0.15, 0.2) is 14.6 Å². The second kappa shape index (κ2) is 8.83. The molecule has 1 saturated heterocycles. The molecule has 1 aromatic rings. The van der Waals surface area contributed by atoms with Gasteiger partial charge in [0, 0.05) is 6.92 Å². The summed E-state index contributed by atoms with van der Waals surface area (Å²) in [5.74, 6) is -0.186. The molecule has 1 aliphatic rings. The molecule has 1 unspecified atom stereocenters. The second-order valence-corrected chi connectivity index (χ2v) is 13.4. The molecular weight excluding hydrogens is 362 g/mol. The van der Waals surface area contributed by atoms with E-state index in [2.05, 4.69) is 39.2 Å². The molecule has 1 aliphatic heterocycles. The number of ether oxygens (including phenoxy) is 2. The lowest BCUT2D eigenvalue weighted by Crippen LogP contribution is -2.54. The van der Waals surface area contributed by atoms with Crippen molar-refractivity contribution in [3.63, 3.8) is 0 Å². The Morgan fingerprint density at radius 1 is 1.26 bits per heavy atom. The third-order valence-electron chi connectivity index (χ3n) is 5.35. The minimum atomic E-state index is -2.15. The largest absolute Gasteiger partial charge is 0.407 e. The molecule has 0 aromatic heterocycles. The minimum absolute atomic E-state index is 0.0185. The molecule has 1 fully saturated rings. The summed E-state index contributed by atoms with van der Waals surface area (Å²) in [6, 6.07) is 9.38. The van der Waals surface area contributed by atoms with Crippen LogP contribution in [0.3, 0.4) is 0 Å². The van der Waals surface area contributed by atoms with Crippen molar-refractivity contribution in [2.75, 3.05) is 6.61 Å². The Hall–Kier alpha value is -1.25. The first kappa shape index (κ1) is 22.0. The van der Waals surface area contributed by atoms with E-state index in [0.717, 1.165) is 5.56 Å². The molecule has 1 aromatic carbocycles. The Morgan fingerprint density at radius 3 is 2.44 bits per heavy atom. The number of hydrogen-bond donors (Lipinski definition) is 2. The highest BCUT2D eigenvalue weighted by molar-refractivity contribution is 6.74. The molecular formula is C20H33NO5Si. The number of hydrogen-bond acceptors (Lipinski definition) is 5. The summed E-state index contributed by atoms with van der Waals surface area (Å²) in [5.41, 5.74) is 1.06. The van der Waals surface area contributed by atoms with Gasteiger partial charge in [-0.15, -0.1) is 0 Å². The van der Waals surface area contributed by atoms with Crippen molar-refractivity contribution in [3.05, 3.63) is 35.9 Å². The van der Waals surface area contributed by atoms with Crippen molar-refractivity contribution in [2.24, 2.45) is 0 Å². The van der Waals surface area contributed by atoms with Crippen LogP contribution in [0.5, 0.6) is 0 Å². The molecule has 0 spiro atoms.